The van der Waals surface area contributed by atoms with Gasteiger partial charge in [0.1, 0.15) is 5.82 Å². The first-order valence-corrected chi connectivity index (χ1v) is 7.42. The second-order valence-corrected chi connectivity index (χ2v) is 5.75. The average Bonchev–Trinajstić information content (AvgIpc) is 2.45. The van der Waals surface area contributed by atoms with Gasteiger partial charge in [0.05, 0.1) is 6.54 Å². The molecule has 21 heavy (non-hydrogen) atoms. The van der Waals surface area contributed by atoms with E-state index >= 15 is 0 Å². The lowest BCUT2D eigenvalue weighted by molar-refractivity contribution is -0.115. The van der Waals surface area contributed by atoms with E-state index in [1.54, 1.807) is 36.4 Å². The van der Waals surface area contributed by atoms with Crippen molar-refractivity contribution < 1.29 is 9.18 Å². The Morgan fingerprint density at radius 2 is 1.90 bits per heavy atom. The first-order chi connectivity index (χ1) is 10.0. The largest absolute Gasteiger partial charge is 0.325 e. The third-order valence-corrected chi connectivity index (χ3v) is 3.48. The standard InChI is InChI=1S/C15H13BrClFN2O/c16-11-1-6-14(18)10(7-11)8-19-9-15(21)20-13-4-2-12(17)3-5-13/h1-7,19H,8-9H2,(H,20,21). The molecular weight excluding hydrogens is 359 g/mol. The zero-order valence-corrected chi connectivity index (χ0v) is 13.3. The van der Waals surface area contributed by atoms with Crippen molar-refractivity contribution in [1.29, 1.82) is 0 Å². The highest BCUT2D eigenvalue weighted by Gasteiger charge is 2.05. The van der Waals surface area contributed by atoms with E-state index in [9.17, 15) is 9.18 Å². The van der Waals surface area contributed by atoms with Crippen LogP contribution in [0.1, 0.15) is 5.56 Å². The Balaban J connectivity index is 1.81. The number of carbonyl (C=O) groups is 1. The van der Waals surface area contributed by atoms with E-state index in [0.29, 0.717) is 16.3 Å². The number of benzene rings is 2. The normalized spacial score (nSPS) is 10.4. The first kappa shape index (κ1) is 15.9. The Morgan fingerprint density at radius 3 is 2.62 bits per heavy atom. The number of carbonyl (C=O) groups excluding carboxylic acids is 1. The van der Waals surface area contributed by atoms with Crippen molar-refractivity contribution in [2.75, 3.05) is 11.9 Å². The Morgan fingerprint density at radius 1 is 1.19 bits per heavy atom. The van der Waals surface area contributed by atoms with Crippen molar-refractivity contribution in [3.8, 4) is 0 Å². The van der Waals surface area contributed by atoms with Crippen molar-refractivity contribution in [1.82, 2.24) is 5.32 Å². The molecule has 0 unspecified atom stereocenters. The summed E-state index contributed by atoms with van der Waals surface area (Å²) in [7, 11) is 0. The van der Waals surface area contributed by atoms with E-state index in [0.717, 1.165) is 4.47 Å². The van der Waals surface area contributed by atoms with Crippen LogP contribution in [-0.2, 0) is 11.3 Å². The lowest BCUT2D eigenvalue weighted by atomic mass is 10.2. The molecule has 0 spiro atoms. The van der Waals surface area contributed by atoms with Crippen LogP contribution in [0.25, 0.3) is 0 Å². The van der Waals surface area contributed by atoms with E-state index in [4.69, 9.17) is 11.6 Å². The molecule has 2 rings (SSSR count). The summed E-state index contributed by atoms with van der Waals surface area (Å²) in [4.78, 5) is 11.7. The molecule has 0 aliphatic heterocycles. The third kappa shape index (κ3) is 5.12. The van der Waals surface area contributed by atoms with Gasteiger partial charge in [0.25, 0.3) is 0 Å². The Bertz CT molecular complexity index is 634. The Kier molecular flexibility index (Phi) is 5.73. The molecule has 3 nitrogen and oxygen atoms in total. The molecule has 0 aromatic heterocycles. The van der Waals surface area contributed by atoms with Gasteiger partial charge in [0, 0.05) is 27.3 Å². The second kappa shape index (κ2) is 7.54. The van der Waals surface area contributed by atoms with E-state index in [2.05, 4.69) is 26.6 Å². The Hall–Kier alpha value is -1.43. The highest BCUT2D eigenvalue weighted by Crippen LogP contribution is 2.15. The fraction of sp³-hybridized carbons (Fsp3) is 0.133. The van der Waals surface area contributed by atoms with Crippen LogP contribution in [0.5, 0.6) is 0 Å². The van der Waals surface area contributed by atoms with Gasteiger partial charge in [-0.05, 0) is 42.5 Å². The summed E-state index contributed by atoms with van der Waals surface area (Å²) < 4.78 is 14.3. The molecule has 0 bridgehead atoms. The quantitative estimate of drug-likeness (QED) is 0.835. The van der Waals surface area contributed by atoms with Crippen LogP contribution in [0.4, 0.5) is 10.1 Å². The molecule has 0 aliphatic carbocycles. The van der Waals surface area contributed by atoms with Gasteiger partial charge in [-0.3, -0.25) is 4.79 Å². The fourth-order valence-electron chi connectivity index (χ4n) is 1.73. The van der Waals surface area contributed by atoms with Gasteiger partial charge in [-0.25, -0.2) is 4.39 Å². The SMILES string of the molecule is O=C(CNCc1cc(Br)ccc1F)Nc1ccc(Cl)cc1. The van der Waals surface area contributed by atoms with Crippen molar-refractivity contribution in [3.63, 3.8) is 0 Å². The number of hydrogen-bond acceptors (Lipinski definition) is 2. The summed E-state index contributed by atoms with van der Waals surface area (Å²) in [5.74, 6) is -0.503. The van der Waals surface area contributed by atoms with E-state index in [1.807, 2.05) is 0 Å². The molecule has 0 heterocycles. The number of anilines is 1. The van der Waals surface area contributed by atoms with Crippen molar-refractivity contribution in [3.05, 3.63) is 63.3 Å². The van der Waals surface area contributed by atoms with Gasteiger partial charge >= 0.3 is 0 Å². The van der Waals surface area contributed by atoms with Crippen LogP contribution in [0.15, 0.2) is 46.9 Å². The number of halogens is 3. The van der Waals surface area contributed by atoms with E-state index in [-0.39, 0.29) is 24.8 Å². The van der Waals surface area contributed by atoms with Crippen molar-refractivity contribution in [2.24, 2.45) is 0 Å². The zero-order valence-electron chi connectivity index (χ0n) is 11.0. The number of hydrogen-bond donors (Lipinski definition) is 2. The molecule has 6 heteroatoms. The molecule has 2 aromatic carbocycles. The predicted molar refractivity (Wildman–Crippen MR) is 85.9 cm³/mol. The lowest BCUT2D eigenvalue weighted by Crippen LogP contribution is -2.28. The average molecular weight is 372 g/mol. The maximum Gasteiger partial charge on any atom is 0.238 e. The van der Waals surface area contributed by atoms with E-state index in [1.165, 1.54) is 6.07 Å². The van der Waals surface area contributed by atoms with Gasteiger partial charge in [-0.1, -0.05) is 27.5 Å². The summed E-state index contributed by atoms with van der Waals surface area (Å²) in [5, 5.41) is 6.23. The first-order valence-electron chi connectivity index (χ1n) is 6.24. The van der Waals surface area contributed by atoms with Crippen LogP contribution >= 0.6 is 27.5 Å². The summed E-state index contributed by atoms with van der Waals surface area (Å²) in [6, 6.07) is 11.5. The summed E-state index contributed by atoms with van der Waals surface area (Å²) in [6.45, 7) is 0.369. The van der Waals surface area contributed by atoms with Gasteiger partial charge in [-0.15, -0.1) is 0 Å². The molecular formula is C15H13BrClFN2O. The number of amides is 1. The van der Waals surface area contributed by atoms with Gasteiger partial charge in [0.2, 0.25) is 5.91 Å². The maximum atomic E-state index is 13.5. The van der Waals surface area contributed by atoms with Gasteiger partial charge in [-0.2, -0.15) is 0 Å². The minimum Gasteiger partial charge on any atom is -0.325 e. The van der Waals surface area contributed by atoms with Crippen LogP contribution in [-0.4, -0.2) is 12.5 Å². The minimum absolute atomic E-state index is 0.0918. The summed E-state index contributed by atoms with van der Waals surface area (Å²) in [6.07, 6.45) is 0. The zero-order chi connectivity index (χ0) is 15.2. The van der Waals surface area contributed by atoms with Crippen molar-refractivity contribution >= 4 is 39.1 Å². The van der Waals surface area contributed by atoms with Crippen LogP contribution in [0, 0.1) is 5.82 Å². The molecule has 0 saturated carbocycles. The molecule has 0 aliphatic rings. The topological polar surface area (TPSA) is 41.1 Å². The van der Waals surface area contributed by atoms with Crippen LogP contribution in [0.2, 0.25) is 5.02 Å². The van der Waals surface area contributed by atoms with Gasteiger partial charge < -0.3 is 10.6 Å². The molecule has 2 aromatic rings. The third-order valence-electron chi connectivity index (χ3n) is 2.74. The fourth-order valence-corrected chi connectivity index (χ4v) is 2.26. The predicted octanol–water partition coefficient (Wildman–Crippen LogP) is 3.97. The number of nitrogens with one attached hydrogen (secondary N) is 2. The van der Waals surface area contributed by atoms with Crippen molar-refractivity contribution in [2.45, 2.75) is 6.54 Å². The second-order valence-electron chi connectivity index (χ2n) is 4.39. The smallest absolute Gasteiger partial charge is 0.238 e. The molecule has 0 atom stereocenters. The molecule has 0 fully saturated rings. The maximum absolute atomic E-state index is 13.5. The molecule has 1 amide bonds. The molecule has 0 radical (unpaired) electrons. The lowest BCUT2D eigenvalue weighted by Gasteiger charge is -2.08. The molecule has 2 N–H and O–H groups in total. The highest BCUT2D eigenvalue weighted by atomic mass is 79.9. The highest BCUT2D eigenvalue weighted by molar-refractivity contribution is 9.10. The summed E-state index contributed by atoms with van der Waals surface area (Å²) >= 11 is 9.05. The summed E-state index contributed by atoms with van der Waals surface area (Å²) in [5.41, 5.74) is 1.17. The van der Waals surface area contributed by atoms with Crippen LogP contribution in [0.3, 0.4) is 0 Å². The van der Waals surface area contributed by atoms with Crippen LogP contribution < -0.4 is 10.6 Å². The molecule has 110 valence electrons. The minimum atomic E-state index is -0.302. The molecule has 0 saturated heterocycles. The van der Waals surface area contributed by atoms with E-state index < -0.39 is 0 Å². The number of rotatable bonds is 5. The van der Waals surface area contributed by atoms with Gasteiger partial charge in [0.15, 0.2) is 0 Å². The Labute approximate surface area is 135 Å². The monoisotopic (exact) mass is 370 g/mol.